The number of aryl methyl sites for hydroxylation is 1. The quantitative estimate of drug-likeness (QED) is 0.205. The van der Waals surface area contributed by atoms with Gasteiger partial charge in [-0.25, -0.2) is 21.2 Å². The van der Waals surface area contributed by atoms with Crippen LogP contribution >= 0.6 is 23.1 Å². The van der Waals surface area contributed by atoms with Gasteiger partial charge in [0.15, 0.2) is 6.54 Å². The Morgan fingerprint density at radius 2 is 1.86 bits per heavy atom. The van der Waals surface area contributed by atoms with E-state index < -0.39 is 43.5 Å². The van der Waals surface area contributed by atoms with Crippen LogP contribution in [-0.4, -0.2) is 38.9 Å². The van der Waals surface area contributed by atoms with Crippen molar-refractivity contribution in [3.05, 3.63) is 82.1 Å². The van der Waals surface area contributed by atoms with Crippen molar-refractivity contribution in [2.45, 2.75) is 31.7 Å². The Kier molecular flexibility index (Phi) is 8.45. The molecule has 5 rings (SSSR count). The van der Waals surface area contributed by atoms with E-state index in [1.165, 1.54) is 40.1 Å². The van der Waals surface area contributed by atoms with Gasteiger partial charge in [-0.2, -0.15) is 4.57 Å². The topological polar surface area (TPSA) is 128 Å². The van der Waals surface area contributed by atoms with E-state index in [0.29, 0.717) is 22.2 Å². The van der Waals surface area contributed by atoms with Gasteiger partial charge in [-0.15, -0.1) is 0 Å². The summed E-state index contributed by atoms with van der Waals surface area (Å²) in [5, 5.41) is 3.34. The fourth-order valence-corrected chi connectivity index (χ4v) is 8.82. The van der Waals surface area contributed by atoms with Gasteiger partial charge in [-0.05, 0) is 54.3 Å². The number of carbonyl (C=O) groups is 1. The van der Waals surface area contributed by atoms with Crippen molar-refractivity contribution in [2.75, 3.05) is 16.5 Å². The number of aromatic nitrogens is 1. The maximum Gasteiger partial charge on any atom is 0.263 e. The molecule has 0 bridgehead atoms. The first-order valence-corrected chi connectivity index (χ1v) is 17.6. The molecule has 1 aliphatic rings. The summed E-state index contributed by atoms with van der Waals surface area (Å²) < 4.78 is 78.3. The summed E-state index contributed by atoms with van der Waals surface area (Å²) in [7, 11) is -8.44. The van der Waals surface area contributed by atoms with E-state index in [1.54, 1.807) is 12.1 Å². The first-order valence-electron chi connectivity index (χ1n) is 12.7. The number of nitrogens with one attached hydrogen (secondary N) is 1. The SMILES string of the molecule is CC(=O)NS(=O)(=O)CN1C(=CC(C)=Cc2sc3ccc4ccccc4c3[n+]2CCCS(=O)(=O)[O-])Sc2ccc(F)cc21. The van der Waals surface area contributed by atoms with E-state index in [4.69, 9.17) is 0 Å². The molecule has 0 aliphatic carbocycles. The minimum absolute atomic E-state index is 0.137. The van der Waals surface area contributed by atoms with Crippen molar-refractivity contribution in [1.29, 1.82) is 0 Å². The maximum absolute atomic E-state index is 14.1. The van der Waals surface area contributed by atoms with Gasteiger partial charge < -0.3 is 9.45 Å². The number of fused-ring (bicyclic) bond motifs is 4. The highest BCUT2D eigenvalue weighted by atomic mass is 32.2. The number of benzene rings is 3. The van der Waals surface area contributed by atoms with Crippen molar-refractivity contribution < 1.29 is 35.1 Å². The van der Waals surface area contributed by atoms with Crippen LogP contribution in [0.4, 0.5) is 10.1 Å². The summed E-state index contributed by atoms with van der Waals surface area (Å²) in [6.07, 6.45) is 3.82. The number of anilines is 1. The van der Waals surface area contributed by atoms with Crippen LogP contribution in [0.5, 0.6) is 0 Å². The molecule has 1 aromatic heterocycles. The molecule has 0 saturated carbocycles. The molecule has 0 spiro atoms. The molecule has 3 aromatic carbocycles. The number of rotatable bonds is 9. The highest BCUT2D eigenvalue weighted by Crippen LogP contribution is 2.46. The fourth-order valence-electron chi connectivity index (χ4n) is 4.77. The first kappa shape index (κ1) is 30.2. The number of sulfonamides is 1. The minimum Gasteiger partial charge on any atom is -0.748 e. The zero-order valence-corrected chi connectivity index (χ0v) is 25.8. The Hall–Kier alpha value is -3.30. The summed E-state index contributed by atoms with van der Waals surface area (Å²) in [6, 6.07) is 16.0. The van der Waals surface area contributed by atoms with Crippen LogP contribution in [0, 0.1) is 5.82 Å². The number of halogens is 1. The smallest absolute Gasteiger partial charge is 0.263 e. The minimum atomic E-state index is -4.38. The number of allylic oxidation sites excluding steroid dienone is 2. The van der Waals surface area contributed by atoms with Crippen LogP contribution in [0.1, 0.15) is 25.3 Å². The van der Waals surface area contributed by atoms with Crippen LogP contribution in [0.2, 0.25) is 0 Å². The van der Waals surface area contributed by atoms with Crippen molar-refractivity contribution in [3.8, 4) is 0 Å². The molecule has 0 radical (unpaired) electrons. The summed E-state index contributed by atoms with van der Waals surface area (Å²) in [5.41, 5.74) is 2.04. The Balaban J connectivity index is 1.57. The van der Waals surface area contributed by atoms with Crippen LogP contribution < -0.4 is 14.2 Å². The van der Waals surface area contributed by atoms with Gasteiger partial charge in [0.1, 0.15) is 16.4 Å². The number of hydrogen-bond acceptors (Lipinski definition) is 9. The second kappa shape index (κ2) is 11.8. The summed E-state index contributed by atoms with van der Waals surface area (Å²) >= 11 is 2.78. The summed E-state index contributed by atoms with van der Waals surface area (Å²) in [5.74, 6) is -2.33. The molecule has 220 valence electrons. The molecule has 1 aliphatic heterocycles. The lowest BCUT2D eigenvalue weighted by atomic mass is 10.1. The van der Waals surface area contributed by atoms with Gasteiger partial charge in [-0.3, -0.25) is 9.52 Å². The van der Waals surface area contributed by atoms with Gasteiger partial charge in [-0.1, -0.05) is 47.4 Å². The third-order valence-corrected chi connectivity index (χ3v) is 10.6. The third-order valence-electron chi connectivity index (χ3n) is 6.38. The Morgan fingerprint density at radius 3 is 2.60 bits per heavy atom. The summed E-state index contributed by atoms with van der Waals surface area (Å²) in [6.45, 7) is 3.24. The molecular weight excluding hydrogens is 622 g/mol. The van der Waals surface area contributed by atoms with E-state index in [0.717, 1.165) is 38.5 Å². The van der Waals surface area contributed by atoms with E-state index in [-0.39, 0.29) is 6.42 Å². The van der Waals surface area contributed by atoms with Crippen LogP contribution in [-0.2, 0) is 31.5 Å². The normalized spacial score (nSPS) is 15.1. The molecule has 2 heterocycles. The molecule has 9 nitrogen and oxygen atoms in total. The Labute approximate surface area is 251 Å². The fraction of sp³-hybridized carbons (Fsp3) is 0.214. The highest BCUT2D eigenvalue weighted by molar-refractivity contribution is 8.03. The molecule has 1 amide bonds. The number of amides is 1. The number of hydrogen-bond donors (Lipinski definition) is 1. The van der Waals surface area contributed by atoms with Crippen molar-refractivity contribution in [1.82, 2.24) is 4.72 Å². The van der Waals surface area contributed by atoms with E-state index in [1.807, 2.05) is 58.7 Å². The van der Waals surface area contributed by atoms with Gasteiger partial charge in [0, 0.05) is 30.1 Å². The monoisotopic (exact) mass is 647 g/mol. The molecule has 4 aromatic rings. The van der Waals surface area contributed by atoms with E-state index >= 15 is 0 Å². The lowest BCUT2D eigenvalue weighted by molar-refractivity contribution is -0.667. The Morgan fingerprint density at radius 1 is 1.10 bits per heavy atom. The molecule has 14 heteroatoms. The van der Waals surface area contributed by atoms with Crippen molar-refractivity contribution in [2.24, 2.45) is 0 Å². The predicted octanol–water partition coefficient (Wildman–Crippen LogP) is 4.70. The zero-order valence-electron chi connectivity index (χ0n) is 22.5. The Bertz CT molecular complexity index is 2000. The molecule has 0 unspecified atom stereocenters. The zero-order chi connectivity index (χ0) is 30.2. The maximum atomic E-state index is 14.1. The molecule has 0 atom stereocenters. The average Bonchev–Trinajstić information content (AvgIpc) is 3.39. The molecule has 42 heavy (non-hydrogen) atoms. The van der Waals surface area contributed by atoms with Crippen LogP contribution in [0.3, 0.4) is 0 Å². The first-order chi connectivity index (χ1) is 19.8. The molecule has 0 fully saturated rings. The number of thiazole rings is 1. The number of nitrogens with zero attached hydrogens (tertiary/aromatic N) is 2. The highest BCUT2D eigenvalue weighted by Gasteiger charge is 2.30. The van der Waals surface area contributed by atoms with Crippen LogP contribution in [0.25, 0.3) is 27.1 Å². The average molecular weight is 648 g/mol. The lowest BCUT2D eigenvalue weighted by Crippen LogP contribution is -2.37. The standard InChI is InChI=1S/C28H26FN3O6S4/c1-18(15-27-32(17-41(34,35)30-19(2)33)23-16-21(29)9-11-24(23)39-27)14-26-31(12-5-13-42(36,37)38)28-22-7-4-3-6-20(22)8-10-25(28)40-26/h3-4,6-11,14-16H,5,12-13,17H2,1-2H3,(H-,30,33,36,37,38). The predicted molar refractivity (Wildman–Crippen MR) is 163 cm³/mol. The largest absolute Gasteiger partial charge is 0.748 e. The second-order valence-corrected chi connectivity index (χ2v) is 15.1. The van der Waals surface area contributed by atoms with E-state index in [2.05, 4.69) is 0 Å². The third kappa shape index (κ3) is 6.84. The molecule has 1 N–H and O–H groups in total. The summed E-state index contributed by atoms with van der Waals surface area (Å²) in [4.78, 5) is 13.6. The number of thioether (sulfide) groups is 1. The second-order valence-electron chi connectivity index (χ2n) is 9.76. The van der Waals surface area contributed by atoms with Crippen molar-refractivity contribution >= 4 is 81.9 Å². The van der Waals surface area contributed by atoms with Crippen LogP contribution in [0.15, 0.2) is 76.2 Å². The lowest BCUT2D eigenvalue weighted by Gasteiger charge is -2.20. The molecule has 0 saturated heterocycles. The van der Waals surface area contributed by atoms with Crippen molar-refractivity contribution in [3.63, 3.8) is 0 Å². The van der Waals surface area contributed by atoms with E-state index in [9.17, 15) is 30.6 Å². The number of carbonyl (C=O) groups excluding carboxylic acids is 1. The molecular formula is C28H26FN3O6S4. The van der Waals surface area contributed by atoms with Gasteiger partial charge >= 0.3 is 0 Å². The van der Waals surface area contributed by atoms with Gasteiger partial charge in [0.25, 0.3) is 15.0 Å². The van der Waals surface area contributed by atoms with Gasteiger partial charge in [0.05, 0.1) is 26.2 Å². The van der Waals surface area contributed by atoms with Gasteiger partial charge in [0.2, 0.25) is 11.4 Å².